The molecule has 0 amide bonds. The smallest absolute Gasteiger partial charge is 0.340 e. The van der Waals surface area contributed by atoms with Crippen molar-refractivity contribution >= 4 is 17.6 Å². The van der Waals surface area contributed by atoms with Crippen LogP contribution in [0.4, 0.5) is 5.82 Å². The van der Waals surface area contributed by atoms with Crippen molar-refractivity contribution in [2.45, 2.75) is 33.7 Å². The van der Waals surface area contributed by atoms with Gasteiger partial charge in [0.1, 0.15) is 5.82 Å². The molecule has 1 unspecified atom stereocenters. The minimum atomic E-state index is -0.391. The lowest BCUT2D eigenvalue weighted by atomic mass is 10.0. The second kappa shape index (κ2) is 8.52. The van der Waals surface area contributed by atoms with Crippen molar-refractivity contribution in [2.75, 3.05) is 37.7 Å². The Labute approximate surface area is 164 Å². The fourth-order valence-electron chi connectivity index (χ4n) is 3.67. The molecule has 3 rings (SSSR count). The van der Waals surface area contributed by atoms with Gasteiger partial charge in [0.15, 0.2) is 5.78 Å². The minimum Gasteiger partial charge on any atom is -0.462 e. The summed E-state index contributed by atoms with van der Waals surface area (Å²) >= 11 is 0. The van der Waals surface area contributed by atoms with E-state index >= 15 is 0 Å². The van der Waals surface area contributed by atoms with Crippen LogP contribution in [0.2, 0.25) is 0 Å². The molecule has 1 fully saturated rings. The van der Waals surface area contributed by atoms with Gasteiger partial charge in [0, 0.05) is 44.3 Å². The summed E-state index contributed by atoms with van der Waals surface area (Å²) in [5, 5.41) is 0. The number of Topliss-reactive ketones (excluding diaryl/α,β-unsaturated/α-hetero) is 1. The summed E-state index contributed by atoms with van der Waals surface area (Å²) in [6.45, 7) is 10.7. The third-order valence-electron chi connectivity index (χ3n) is 5.28. The number of hydrogen-bond acceptors (Lipinski definition) is 7. The summed E-state index contributed by atoms with van der Waals surface area (Å²) in [6.07, 6.45) is 5.10. The number of esters is 1. The van der Waals surface area contributed by atoms with E-state index in [2.05, 4.69) is 24.8 Å². The summed E-state index contributed by atoms with van der Waals surface area (Å²) in [5.74, 6) is 0.457. The fraction of sp³-hybridized carbons (Fsp3) is 0.500. The molecule has 8 nitrogen and oxygen atoms in total. The SMILES string of the molecule is CCOC(=O)c1c(C)[nH]c(C(=O)C(C)N2CCN(c3cnccn3)CC2)c1C. The maximum atomic E-state index is 13.1. The standard InChI is InChI=1S/C20H27N5O3/c1-5-28-20(27)17-13(2)18(23-14(17)3)19(26)15(4)24-8-10-25(11-9-24)16-12-21-6-7-22-16/h6-7,12,15,23H,5,8-11H2,1-4H3. The van der Waals surface area contributed by atoms with E-state index in [-0.39, 0.29) is 11.8 Å². The van der Waals surface area contributed by atoms with Crippen molar-refractivity contribution in [3.63, 3.8) is 0 Å². The Morgan fingerprint density at radius 3 is 2.54 bits per heavy atom. The third-order valence-corrected chi connectivity index (χ3v) is 5.28. The van der Waals surface area contributed by atoms with Crippen LogP contribution in [0.15, 0.2) is 18.6 Å². The van der Waals surface area contributed by atoms with Gasteiger partial charge in [0.2, 0.25) is 0 Å². The van der Waals surface area contributed by atoms with E-state index in [9.17, 15) is 9.59 Å². The van der Waals surface area contributed by atoms with Crippen LogP contribution in [0.1, 0.15) is 46.0 Å². The van der Waals surface area contributed by atoms with Gasteiger partial charge in [-0.2, -0.15) is 0 Å². The molecule has 1 aliphatic rings. The molecular formula is C20H27N5O3. The van der Waals surface area contributed by atoms with Crippen LogP contribution in [-0.4, -0.2) is 70.4 Å². The zero-order chi connectivity index (χ0) is 20.3. The lowest BCUT2D eigenvalue weighted by Gasteiger charge is -2.37. The van der Waals surface area contributed by atoms with Gasteiger partial charge in [0.25, 0.3) is 0 Å². The molecule has 28 heavy (non-hydrogen) atoms. The molecule has 2 aromatic heterocycles. The predicted octanol–water partition coefficient (Wildman–Crippen LogP) is 1.99. The maximum absolute atomic E-state index is 13.1. The van der Waals surface area contributed by atoms with Crippen LogP contribution in [0, 0.1) is 13.8 Å². The van der Waals surface area contributed by atoms with Crippen LogP contribution in [0.5, 0.6) is 0 Å². The summed E-state index contributed by atoms with van der Waals surface area (Å²) in [6, 6.07) is -0.282. The van der Waals surface area contributed by atoms with Gasteiger partial charge in [-0.1, -0.05) is 0 Å². The number of carbonyl (C=O) groups is 2. The van der Waals surface area contributed by atoms with Gasteiger partial charge in [-0.25, -0.2) is 9.78 Å². The number of hydrogen-bond donors (Lipinski definition) is 1. The molecule has 0 radical (unpaired) electrons. The number of rotatable bonds is 6. The average Bonchev–Trinajstić information content (AvgIpc) is 3.02. The molecule has 1 N–H and O–H groups in total. The molecule has 0 aliphatic carbocycles. The van der Waals surface area contributed by atoms with Crippen molar-refractivity contribution in [3.8, 4) is 0 Å². The van der Waals surface area contributed by atoms with Crippen LogP contribution >= 0.6 is 0 Å². The lowest BCUT2D eigenvalue weighted by Crippen LogP contribution is -2.52. The number of aromatic amines is 1. The molecule has 1 aliphatic heterocycles. The number of ketones is 1. The largest absolute Gasteiger partial charge is 0.462 e. The topological polar surface area (TPSA) is 91.4 Å². The maximum Gasteiger partial charge on any atom is 0.340 e. The van der Waals surface area contributed by atoms with Gasteiger partial charge >= 0.3 is 5.97 Å². The van der Waals surface area contributed by atoms with Crippen molar-refractivity contribution < 1.29 is 14.3 Å². The second-order valence-corrected chi connectivity index (χ2v) is 6.97. The second-order valence-electron chi connectivity index (χ2n) is 6.97. The average molecular weight is 385 g/mol. The molecule has 0 bridgehead atoms. The first-order chi connectivity index (χ1) is 13.4. The van der Waals surface area contributed by atoms with E-state index in [0.717, 1.165) is 32.0 Å². The zero-order valence-corrected chi connectivity index (χ0v) is 16.9. The number of anilines is 1. The highest BCUT2D eigenvalue weighted by atomic mass is 16.5. The van der Waals surface area contributed by atoms with Crippen LogP contribution in [0.3, 0.4) is 0 Å². The summed E-state index contributed by atoms with van der Waals surface area (Å²) < 4.78 is 5.12. The number of carbonyl (C=O) groups excluding carboxylic acids is 2. The predicted molar refractivity (Wildman–Crippen MR) is 106 cm³/mol. The van der Waals surface area contributed by atoms with Crippen molar-refractivity contribution in [2.24, 2.45) is 0 Å². The Bertz CT molecular complexity index is 841. The lowest BCUT2D eigenvalue weighted by molar-refractivity contribution is 0.0525. The van der Waals surface area contributed by atoms with Crippen molar-refractivity contribution in [3.05, 3.63) is 41.1 Å². The molecule has 8 heteroatoms. The van der Waals surface area contributed by atoms with Gasteiger partial charge < -0.3 is 14.6 Å². The summed E-state index contributed by atoms with van der Waals surface area (Å²) in [4.78, 5) is 41.2. The quantitative estimate of drug-likeness (QED) is 0.600. The number of aromatic nitrogens is 3. The van der Waals surface area contributed by atoms with Gasteiger partial charge in [-0.3, -0.25) is 14.7 Å². The molecule has 0 spiro atoms. The van der Waals surface area contributed by atoms with Gasteiger partial charge in [0.05, 0.1) is 30.1 Å². The number of nitrogens with zero attached hydrogens (tertiary/aromatic N) is 4. The Morgan fingerprint density at radius 1 is 1.21 bits per heavy atom. The zero-order valence-electron chi connectivity index (χ0n) is 16.9. The monoisotopic (exact) mass is 385 g/mol. The number of aryl methyl sites for hydroxylation is 1. The molecule has 0 saturated carbocycles. The summed E-state index contributed by atoms with van der Waals surface area (Å²) in [7, 11) is 0. The summed E-state index contributed by atoms with van der Waals surface area (Å²) in [5.41, 5.74) is 2.28. The molecule has 0 aromatic carbocycles. The Balaban J connectivity index is 1.69. The number of nitrogens with one attached hydrogen (secondary N) is 1. The first-order valence-electron chi connectivity index (χ1n) is 9.59. The number of H-pyrrole nitrogens is 1. The van der Waals surface area contributed by atoms with E-state index in [4.69, 9.17) is 4.74 Å². The van der Waals surface area contributed by atoms with Crippen molar-refractivity contribution in [1.82, 2.24) is 19.9 Å². The molecular weight excluding hydrogens is 358 g/mol. The minimum absolute atomic E-state index is 0.0101. The first kappa shape index (κ1) is 20.0. The molecule has 2 aromatic rings. The molecule has 1 atom stereocenters. The molecule has 150 valence electrons. The number of ether oxygens (including phenoxy) is 1. The highest BCUT2D eigenvalue weighted by Crippen LogP contribution is 2.22. The van der Waals surface area contributed by atoms with Crippen molar-refractivity contribution in [1.29, 1.82) is 0 Å². The van der Waals surface area contributed by atoms with Gasteiger partial charge in [-0.15, -0.1) is 0 Å². The van der Waals surface area contributed by atoms with Crippen LogP contribution in [-0.2, 0) is 4.74 Å². The number of piperazine rings is 1. The van der Waals surface area contributed by atoms with Crippen LogP contribution < -0.4 is 4.90 Å². The Hall–Kier alpha value is -2.74. The van der Waals surface area contributed by atoms with Crippen LogP contribution in [0.25, 0.3) is 0 Å². The molecule has 3 heterocycles. The van der Waals surface area contributed by atoms with E-state index in [1.54, 1.807) is 39.4 Å². The Kier molecular flexibility index (Phi) is 6.08. The highest BCUT2D eigenvalue weighted by Gasteiger charge is 2.30. The first-order valence-corrected chi connectivity index (χ1v) is 9.59. The molecule has 1 saturated heterocycles. The van der Waals surface area contributed by atoms with Gasteiger partial charge in [-0.05, 0) is 33.3 Å². The van der Waals surface area contributed by atoms with E-state index in [1.807, 2.05) is 6.92 Å². The van der Waals surface area contributed by atoms with E-state index in [1.165, 1.54) is 0 Å². The fourth-order valence-corrected chi connectivity index (χ4v) is 3.67. The highest BCUT2D eigenvalue weighted by molar-refractivity contribution is 6.03. The Morgan fingerprint density at radius 2 is 1.93 bits per heavy atom. The normalized spacial score (nSPS) is 16.1. The van der Waals surface area contributed by atoms with E-state index < -0.39 is 5.97 Å². The third kappa shape index (κ3) is 3.91. The van der Waals surface area contributed by atoms with E-state index in [0.29, 0.717) is 29.1 Å².